The Morgan fingerprint density at radius 2 is 2.26 bits per heavy atom. The van der Waals surface area contributed by atoms with Crippen molar-refractivity contribution in [3.05, 3.63) is 28.2 Å². The Hall–Kier alpha value is -0.260. The van der Waals surface area contributed by atoms with E-state index >= 15 is 0 Å². The molecule has 2 rings (SSSR count). The third-order valence-corrected chi connectivity index (χ3v) is 4.58. The van der Waals surface area contributed by atoms with Crippen molar-refractivity contribution in [1.29, 1.82) is 0 Å². The van der Waals surface area contributed by atoms with Crippen LogP contribution in [0.5, 0.6) is 0 Å². The summed E-state index contributed by atoms with van der Waals surface area (Å²) >= 11 is 10.9. The second kappa shape index (κ2) is 6.46. The lowest BCUT2D eigenvalue weighted by atomic mass is 10.3. The van der Waals surface area contributed by atoms with Crippen molar-refractivity contribution >= 4 is 50.3 Å². The zero-order valence-electron chi connectivity index (χ0n) is 10.8. The van der Waals surface area contributed by atoms with Gasteiger partial charge in [0.1, 0.15) is 11.6 Å². The molecule has 1 aromatic heterocycles. The van der Waals surface area contributed by atoms with E-state index in [-0.39, 0.29) is 5.82 Å². The second-order valence-electron chi connectivity index (χ2n) is 4.40. The molecular formula is C13H15BrClFN2S. The molecule has 0 aliphatic heterocycles. The maximum Gasteiger partial charge on any atom is 0.139 e. The molecule has 0 radical (unpaired) electrons. The highest BCUT2D eigenvalue weighted by Gasteiger charge is 2.17. The number of imidazole rings is 1. The van der Waals surface area contributed by atoms with Crippen LogP contribution in [0, 0.1) is 5.82 Å². The topological polar surface area (TPSA) is 17.8 Å². The van der Waals surface area contributed by atoms with E-state index in [1.807, 2.05) is 0 Å². The van der Waals surface area contributed by atoms with Gasteiger partial charge in [-0.05, 0) is 35.2 Å². The summed E-state index contributed by atoms with van der Waals surface area (Å²) in [6.45, 7) is 2.15. The van der Waals surface area contributed by atoms with E-state index in [1.165, 1.54) is 6.07 Å². The number of alkyl halides is 1. The largest absolute Gasteiger partial charge is 0.324 e. The van der Waals surface area contributed by atoms with Gasteiger partial charge in [-0.3, -0.25) is 0 Å². The Kier molecular flexibility index (Phi) is 5.15. The quantitative estimate of drug-likeness (QED) is 0.718. The average molecular weight is 366 g/mol. The van der Waals surface area contributed by atoms with Crippen molar-refractivity contribution < 1.29 is 4.39 Å². The van der Waals surface area contributed by atoms with Crippen LogP contribution < -0.4 is 0 Å². The van der Waals surface area contributed by atoms with Crippen LogP contribution in [0.15, 0.2) is 16.6 Å². The first kappa shape index (κ1) is 15.1. The third kappa shape index (κ3) is 3.09. The number of aromatic nitrogens is 2. The van der Waals surface area contributed by atoms with E-state index in [4.69, 9.17) is 11.6 Å². The molecule has 0 saturated heterocycles. The van der Waals surface area contributed by atoms with Crippen molar-refractivity contribution in [2.24, 2.45) is 0 Å². The van der Waals surface area contributed by atoms with Gasteiger partial charge in [0.2, 0.25) is 0 Å². The van der Waals surface area contributed by atoms with Gasteiger partial charge in [-0.25, -0.2) is 9.37 Å². The number of fused-ring (bicyclic) bond motifs is 1. The van der Waals surface area contributed by atoms with Gasteiger partial charge < -0.3 is 4.57 Å². The number of hydrogen-bond donors (Lipinski definition) is 0. The van der Waals surface area contributed by atoms with E-state index in [1.54, 1.807) is 17.8 Å². The molecule has 19 heavy (non-hydrogen) atoms. The minimum absolute atomic E-state index is 0.285. The molecule has 0 aliphatic rings. The Morgan fingerprint density at radius 1 is 1.53 bits per heavy atom. The molecule has 1 heterocycles. The smallest absolute Gasteiger partial charge is 0.139 e. The molecule has 0 aliphatic carbocycles. The first-order valence-corrected chi connectivity index (χ1v) is 8.71. The molecule has 0 saturated carbocycles. The fourth-order valence-corrected chi connectivity index (χ4v) is 3.34. The molecule has 1 atom stereocenters. The van der Waals surface area contributed by atoms with Crippen LogP contribution in [0.1, 0.15) is 18.8 Å². The molecule has 0 fully saturated rings. The van der Waals surface area contributed by atoms with Crippen LogP contribution in [0.2, 0.25) is 0 Å². The van der Waals surface area contributed by atoms with Gasteiger partial charge in [0.05, 0.1) is 15.5 Å². The van der Waals surface area contributed by atoms with Crippen molar-refractivity contribution in [3.8, 4) is 0 Å². The van der Waals surface area contributed by atoms with E-state index in [0.717, 1.165) is 17.1 Å². The summed E-state index contributed by atoms with van der Waals surface area (Å²) in [7, 11) is 0. The molecular weight excluding hydrogens is 351 g/mol. The molecule has 1 aromatic carbocycles. The highest BCUT2D eigenvalue weighted by Crippen LogP contribution is 2.28. The normalized spacial score (nSPS) is 13.1. The molecule has 1 unspecified atom stereocenters. The van der Waals surface area contributed by atoms with Crippen LogP contribution in [0.4, 0.5) is 4.39 Å². The molecule has 6 heteroatoms. The highest BCUT2D eigenvalue weighted by molar-refractivity contribution is 9.10. The minimum atomic E-state index is -0.285. The summed E-state index contributed by atoms with van der Waals surface area (Å²) < 4.78 is 16.2. The Balaban J connectivity index is 2.61. The number of hydrogen-bond acceptors (Lipinski definition) is 2. The Morgan fingerprint density at radius 3 is 2.89 bits per heavy atom. The van der Waals surface area contributed by atoms with Crippen LogP contribution in [0.3, 0.4) is 0 Å². The van der Waals surface area contributed by atoms with Gasteiger partial charge in [-0.2, -0.15) is 11.8 Å². The fourth-order valence-electron chi connectivity index (χ4n) is 2.21. The number of benzene rings is 1. The standard InChI is InChI=1S/C13H15BrClFN2S/c1-8(7-19-2)18-12-5-9(14)10(16)6-11(12)17-13(18)3-4-15/h5-6,8H,3-4,7H2,1-2H3. The molecule has 2 nitrogen and oxygen atoms in total. The zero-order valence-corrected chi connectivity index (χ0v) is 13.9. The van der Waals surface area contributed by atoms with E-state index < -0.39 is 0 Å². The summed E-state index contributed by atoms with van der Waals surface area (Å²) in [4.78, 5) is 4.52. The maximum absolute atomic E-state index is 13.6. The monoisotopic (exact) mass is 364 g/mol. The predicted octanol–water partition coefficient (Wildman–Crippen LogP) is 4.64. The first-order valence-electron chi connectivity index (χ1n) is 5.99. The Labute approximate surface area is 129 Å². The number of nitrogens with zero attached hydrogens (tertiary/aromatic N) is 2. The van der Waals surface area contributed by atoms with E-state index in [9.17, 15) is 4.39 Å². The van der Waals surface area contributed by atoms with Crippen molar-refractivity contribution in [1.82, 2.24) is 9.55 Å². The second-order valence-corrected chi connectivity index (χ2v) is 6.54. The van der Waals surface area contributed by atoms with E-state index in [2.05, 4.69) is 38.7 Å². The van der Waals surface area contributed by atoms with Gasteiger partial charge in [0.15, 0.2) is 0 Å². The molecule has 0 amide bonds. The summed E-state index contributed by atoms with van der Waals surface area (Å²) in [5.74, 6) is 2.13. The molecule has 104 valence electrons. The average Bonchev–Trinajstić information content (AvgIpc) is 2.68. The number of rotatable bonds is 5. The summed E-state index contributed by atoms with van der Waals surface area (Å²) in [6, 6.07) is 3.57. The van der Waals surface area contributed by atoms with Crippen LogP contribution in [-0.2, 0) is 6.42 Å². The van der Waals surface area contributed by atoms with Gasteiger partial charge in [0.25, 0.3) is 0 Å². The maximum atomic E-state index is 13.6. The van der Waals surface area contributed by atoms with Gasteiger partial charge in [0, 0.05) is 30.2 Å². The first-order chi connectivity index (χ1) is 9.08. The van der Waals surface area contributed by atoms with Crippen LogP contribution in [0.25, 0.3) is 11.0 Å². The van der Waals surface area contributed by atoms with Crippen molar-refractivity contribution in [2.45, 2.75) is 19.4 Å². The number of halogens is 3. The number of thioether (sulfide) groups is 1. The molecule has 0 N–H and O–H groups in total. The lowest BCUT2D eigenvalue weighted by molar-refractivity contribution is 0.596. The lowest BCUT2D eigenvalue weighted by Gasteiger charge is -2.16. The molecule has 0 spiro atoms. The lowest BCUT2D eigenvalue weighted by Crippen LogP contribution is -2.12. The molecule has 0 bridgehead atoms. The van der Waals surface area contributed by atoms with Gasteiger partial charge in [-0.15, -0.1) is 11.6 Å². The van der Waals surface area contributed by atoms with Crippen LogP contribution in [-0.4, -0.2) is 27.4 Å². The van der Waals surface area contributed by atoms with Crippen molar-refractivity contribution in [2.75, 3.05) is 17.9 Å². The minimum Gasteiger partial charge on any atom is -0.324 e. The summed E-state index contributed by atoms with van der Waals surface area (Å²) in [6.07, 6.45) is 2.76. The zero-order chi connectivity index (χ0) is 14.0. The number of aryl methyl sites for hydroxylation is 1. The summed E-state index contributed by atoms with van der Waals surface area (Å²) in [5.41, 5.74) is 1.64. The van der Waals surface area contributed by atoms with Gasteiger partial charge in [-0.1, -0.05) is 0 Å². The van der Waals surface area contributed by atoms with Gasteiger partial charge >= 0.3 is 0 Å². The van der Waals surface area contributed by atoms with E-state index in [0.29, 0.717) is 28.3 Å². The predicted molar refractivity (Wildman–Crippen MR) is 84.9 cm³/mol. The highest BCUT2D eigenvalue weighted by atomic mass is 79.9. The van der Waals surface area contributed by atoms with Crippen LogP contribution >= 0.6 is 39.3 Å². The molecule has 2 aromatic rings. The SMILES string of the molecule is CSCC(C)n1c(CCCl)nc2cc(F)c(Br)cc21. The van der Waals surface area contributed by atoms with Crippen molar-refractivity contribution in [3.63, 3.8) is 0 Å². The third-order valence-electron chi connectivity index (χ3n) is 2.97. The fraction of sp³-hybridized carbons (Fsp3) is 0.462. The Bertz CT molecular complexity index is 588. The summed E-state index contributed by atoms with van der Waals surface area (Å²) in [5, 5.41) is 0.